The number of hydrogen-bond donors (Lipinski definition) is 0. The van der Waals surface area contributed by atoms with Crippen LogP contribution < -0.4 is 4.74 Å². The van der Waals surface area contributed by atoms with Crippen LogP contribution in [-0.4, -0.2) is 14.8 Å². The van der Waals surface area contributed by atoms with Crippen molar-refractivity contribution in [2.45, 2.75) is 43.8 Å². The third kappa shape index (κ3) is 4.99. The van der Waals surface area contributed by atoms with Gasteiger partial charge in [0.2, 0.25) is 0 Å². The predicted octanol–water partition coefficient (Wildman–Crippen LogP) is 6.74. The van der Waals surface area contributed by atoms with Gasteiger partial charge in [-0.25, -0.2) is 4.39 Å². The Hall–Kier alpha value is -1.76. The number of benzene rings is 2. The lowest BCUT2D eigenvalue weighted by molar-refractivity contribution is 0.207. The Kier molecular flexibility index (Phi) is 6.86. The molecule has 0 aliphatic carbocycles. The molecule has 0 spiro atoms. The molecule has 0 amide bonds. The Morgan fingerprint density at radius 3 is 2.39 bits per heavy atom. The van der Waals surface area contributed by atoms with Crippen LogP contribution >= 0.6 is 35.0 Å². The van der Waals surface area contributed by atoms with E-state index in [1.807, 2.05) is 19.1 Å². The summed E-state index contributed by atoms with van der Waals surface area (Å²) in [5.74, 6) is 1.69. The first-order valence-electron chi connectivity index (χ1n) is 8.79. The van der Waals surface area contributed by atoms with Gasteiger partial charge in [-0.2, -0.15) is 0 Å². The molecule has 2 aromatic carbocycles. The van der Waals surface area contributed by atoms with Gasteiger partial charge in [0.05, 0.1) is 10.0 Å². The van der Waals surface area contributed by atoms with Gasteiger partial charge in [0.25, 0.3) is 0 Å². The second-order valence-corrected chi connectivity index (χ2v) is 8.31. The molecule has 4 nitrogen and oxygen atoms in total. The monoisotopic (exact) mass is 439 g/mol. The van der Waals surface area contributed by atoms with Crippen molar-refractivity contribution < 1.29 is 9.13 Å². The van der Waals surface area contributed by atoms with E-state index in [2.05, 4.69) is 28.6 Å². The van der Waals surface area contributed by atoms with Gasteiger partial charge in [-0.05, 0) is 62.7 Å². The summed E-state index contributed by atoms with van der Waals surface area (Å²) >= 11 is 13.6. The van der Waals surface area contributed by atoms with Gasteiger partial charge >= 0.3 is 0 Å². The fraction of sp³-hybridized carbons (Fsp3) is 0.300. The lowest BCUT2D eigenvalue weighted by atomic mass is 10.2. The molecule has 148 valence electrons. The standard InChI is InChI=1S/C20H20Cl2FN3OS/c1-12(2)26-19(13(3)27-16-7-5-15(23)6-8-16)24-25-20(26)28-11-14-4-9-17(21)18(22)10-14/h4-10,12-13H,11H2,1-3H3. The van der Waals surface area contributed by atoms with Crippen LogP contribution in [0, 0.1) is 5.82 Å². The number of hydrogen-bond acceptors (Lipinski definition) is 4. The Bertz CT molecular complexity index is 947. The smallest absolute Gasteiger partial charge is 0.191 e. The maximum Gasteiger partial charge on any atom is 0.191 e. The van der Waals surface area contributed by atoms with Gasteiger partial charge in [0, 0.05) is 11.8 Å². The zero-order chi connectivity index (χ0) is 20.3. The quantitative estimate of drug-likeness (QED) is 0.382. The zero-order valence-electron chi connectivity index (χ0n) is 15.7. The Balaban J connectivity index is 1.76. The van der Waals surface area contributed by atoms with E-state index in [4.69, 9.17) is 27.9 Å². The number of ether oxygens (including phenoxy) is 1. The lowest BCUT2D eigenvalue weighted by Crippen LogP contribution is -2.14. The fourth-order valence-electron chi connectivity index (χ4n) is 2.70. The minimum Gasteiger partial charge on any atom is -0.483 e. The van der Waals surface area contributed by atoms with E-state index in [1.165, 1.54) is 12.1 Å². The number of halogens is 3. The molecule has 1 heterocycles. The van der Waals surface area contributed by atoms with Crippen molar-refractivity contribution in [3.63, 3.8) is 0 Å². The van der Waals surface area contributed by atoms with Gasteiger partial charge in [0.15, 0.2) is 17.1 Å². The van der Waals surface area contributed by atoms with Crippen molar-refractivity contribution in [1.82, 2.24) is 14.8 Å². The highest BCUT2D eigenvalue weighted by molar-refractivity contribution is 7.98. The van der Waals surface area contributed by atoms with Crippen LogP contribution in [0.1, 0.15) is 44.3 Å². The number of thioether (sulfide) groups is 1. The van der Waals surface area contributed by atoms with Gasteiger partial charge in [-0.1, -0.05) is 41.0 Å². The summed E-state index contributed by atoms with van der Waals surface area (Å²) in [7, 11) is 0. The summed E-state index contributed by atoms with van der Waals surface area (Å²) < 4.78 is 21.1. The summed E-state index contributed by atoms with van der Waals surface area (Å²) in [5.41, 5.74) is 1.05. The van der Waals surface area contributed by atoms with E-state index in [0.29, 0.717) is 21.5 Å². The molecule has 1 aromatic heterocycles. The zero-order valence-corrected chi connectivity index (χ0v) is 18.0. The molecule has 1 unspecified atom stereocenters. The van der Waals surface area contributed by atoms with Crippen molar-refractivity contribution in [3.8, 4) is 5.75 Å². The number of aromatic nitrogens is 3. The number of rotatable bonds is 7. The Labute approximate surface area is 178 Å². The maximum absolute atomic E-state index is 13.1. The minimum atomic E-state index is -0.334. The van der Waals surface area contributed by atoms with Crippen LogP contribution in [0.3, 0.4) is 0 Å². The molecule has 0 saturated carbocycles. The molecule has 0 aliphatic heterocycles. The van der Waals surface area contributed by atoms with Crippen LogP contribution in [0.5, 0.6) is 5.75 Å². The molecule has 28 heavy (non-hydrogen) atoms. The molecule has 3 aromatic rings. The molecule has 0 saturated heterocycles. The topological polar surface area (TPSA) is 39.9 Å². The van der Waals surface area contributed by atoms with Crippen LogP contribution in [0.25, 0.3) is 0 Å². The van der Waals surface area contributed by atoms with Crippen molar-refractivity contribution in [1.29, 1.82) is 0 Å². The van der Waals surface area contributed by atoms with Crippen molar-refractivity contribution in [3.05, 3.63) is 69.7 Å². The highest BCUT2D eigenvalue weighted by Gasteiger charge is 2.21. The van der Waals surface area contributed by atoms with Gasteiger partial charge in [-0.3, -0.25) is 0 Å². The van der Waals surface area contributed by atoms with Crippen LogP contribution in [0.2, 0.25) is 10.0 Å². The molecule has 1 atom stereocenters. The molecular weight excluding hydrogens is 420 g/mol. The Morgan fingerprint density at radius 2 is 1.75 bits per heavy atom. The molecule has 0 bridgehead atoms. The van der Waals surface area contributed by atoms with E-state index in [-0.39, 0.29) is 18.0 Å². The molecule has 0 N–H and O–H groups in total. The van der Waals surface area contributed by atoms with E-state index >= 15 is 0 Å². The van der Waals surface area contributed by atoms with Crippen LogP contribution in [-0.2, 0) is 5.75 Å². The molecule has 0 radical (unpaired) electrons. The molecular formula is C20H20Cl2FN3OS. The average molecular weight is 440 g/mol. The normalized spacial score (nSPS) is 12.4. The van der Waals surface area contributed by atoms with Gasteiger partial charge in [0.1, 0.15) is 11.6 Å². The summed E-state index contributed by atoms with van der Waals surface area (Å²) in [6.07, 6.45) is -0.334. The van der Waals surface area contributed by atoms with Crippen molar-refractivity contribution in [2.75, 3.05) is 0 Å². The highest BCUT2D eigenvalue weighted by atomic mass is 35.5. The first-order chi connectivity index (χ1) is 13.3. The van der Waals surface area contributed by atoms with Crippen LogP contribution in [0.15, 0.2) is 47.6 Å². The SMILES string of the molecule is CC(Oc1ccc(F)cc1)c1nnc(SCc2ccc(Cl)c(Cl)c2)n1C(C)C. The maximum atomic E-state index is 13.1. The van der Waals surface area contributed by atoms with Crippen LogP contribution in [0.4, 0.5) is 4.39 Å². The molecule has 0 aliphatic rings. The first-order valence-corrected chi connectivity index (χ1v) is 10.5. The largest absolute Gasteiger partial charge is 0.483 e. The van der Waals surface area contributed by atoms with E-state index in [9.17, 15) is 4.39 Å². The third-order valence-corrected chi connectivity index (χ3v) is 5.80. The predicted molar refractivity (Wildman–Crippen MR) is 112 cm³/mol. The van der Waals surface area contributed by atoms with Crippen molar-refractivity contribution >= 4 is 35.0 Å². The van der Waals surface area contributed by atoms with E-state index in [0.717, 1.165) is 16.5 Å². The minimum absolute atomic E-state index is 0.153. The molecule has 3 rings (SSSR count). The highest BCUT2D eigenvalue weighted by Crippen LogP contribution is 2.31. The summed E-state index contributed by atoms with van der Waals surface area (Å²) in [6.45, 7) is 6.04. The fourth-order valence-corrected chi connectivity index (χ4v) is 4.03. The van der Waals surface area contributed by atoms with E-state index < -0.39 is 0 Å². The molecule has 0 fully saturated rings. The second-order valence-electron chi connectivity index (χ2n) is 6.56. The van der Waals surface area contributed by atoms with E-state index in [1.54, 1.807) is 30.0 Å². The average Bonchev–Trinajstić information content (AvgIpc) is 3.09. The molecule has 8 heteroatoms. The summed E-state index contributed by atoms with van der Waals surface area (Å²) in [4.78, 5) is 0. The third-order valence-electron chi connectivity index (χ3n) is 4.05. The van der Waals surface area contributed by atoms with Gasteiger partial charge in [-0.15, -0.1) is 10.2 Å². The second kappa shape index (κ2) is 9.16. The first kappa shape index (κ1) is 21.0. The van der Waals surface area contributed by atoms with Crippen molar-refractivity contribution in [2.24, 2.45) is 0 Å². The summed E-state index contributed by atoms with van der Waals surface area (Å²) in [6, 6.07) is 11.7. The summed E-state index contributed by atoms with van der Waals surface area (Å²) in [5, 5.41) is 10.6. The lowest BCUT2D eigenvalue weighted by Gasteiger charge is -2.19. The Morgan fingerprint density at radius 1 is 1.04 bits per heavy atom. The van der Waals surface area contributed by atoms with Gasteiger partial charge < -0.3 is 9.30 Å². The number of nitrogens with zero attached hydrogens (tertiary/aromatic N) is 3.